The van der Waals surface area contributed by atoms with Crippen LogP contribution in [0.15, 0.2) is 42.5 Å². The van der Waals surface area contributed by atoms with Crippen LogP contribution < -0.4 is 4.74 Å². The smallest absolute Gasteiger partial charge is 0.130 e. The van der Waals surface area contributed by atoms with Crippen molar-refractivity contribution in [3.8, 4) is 16.9 Å². The molecular weight excluding hydrogens is 244 g/mol. The third-order valence-corrected chi connectivity index (χ3v) is 3.61. The SMILES string of the molecule is [CH2][C@@H]1CCc2cccc(-c3ccccc3Cl)c2O1. The minimum atomic E-state index is 0.0288. The maximum Gasteiger partial charge on any atom is 0.130 e. The molecule has 0 N–H and O–H groups in total. The van der Waals surface area contributed by atoms with E-state index in [9.17, 15) is 0 Å². The van der Waals surface area contributed by atoms with Crippen molar-refractivity contribution in [2.75, 3.05) is 0 Å². The molecule has 0 amide bonds. The molecule has 0 aliphatic carbocycles. The highest BCUT2D eigenvalue weighted by Crippen LogP contribution is 2.40. The van der Waals surface area contributed by atoms with Crippen LogP contribution in [0, 0.1) is 6.92 Å². The van der Waals surface area contributed by atoms with E-state index in [1.165, 1.54) is 5.56 Å². The number of rotatable bonds is 1. The van der Waals surface area contributed by atoms with Gasteiger partial charge in [-0.3, -0.25) is 0 Å². The van der Waals surface area contributed by atoms with Crippen LogP contribution in [-0.4, -0.2) is 6.10 Å². The Bertz CT molecular complexity index is 577. The first-order chi connectivity index (χ1) is 8.75. The van der Waals surface area contributed by atoms with Gasteiger partial charge < -0.3 is 4.74 Å². The fourth-order valence-corrected chi connectivity index (χ4v) is 2.59. The zero-order valence-electron chi connectivity index (χ0n) is 10.0. The normalized spacial score (nSPS) is 18.0. The number of para-hydroxylation sites is 1. The standard InChI is InChI=1S/C16H14ClO/c1-11-9-10-12-5-4-7-14(16(12)18-11)13-6-2-3-8-15(13)17/h2-8,11H,1,9-10H2/t11-/m1/s1. The van der Waals surface area contributed by atoms with Crippen molar-refractivity contribution < 1.29 is 4.74 Å². The highest BCUT2D eigenvalue weighted by atomic mass is 35.5. The summed E-state index contributed by atoms with van der Waals surface area (Å²) in [5.74, 6) is 0.942. The van der Waals surface area contributed by atoms with Crippen molar-refractivity contribution >= 4 is 11.6 Å². The Hall–Kier alpha value is -1.47. The first-order valence-electron chi connectivity index (χ1n) is 6.12. The zero-order valence-corrected chi connectivity index (χ0v) is 10.8. The van der Waals surface area contributed by atoms with Crippen molar-refractivity contribution in [1.29, 1.82) is 0 Å². The van der Waals surface area contributed by atoms with Gasteiger partial charge in [0.25, 0.3) is 0 Å². The Kier molecular flexibility index (Phi) is 3.00. The lowest BCUT2D eigenvalue weighted by atomic mass is 9.96. The lowest BCUT2D eigenvalue weighted by molar-refractivity contribution is 0.217. The van der Waals surface area contributed by atoms with E-state index in [0.717, 1.165) is 34.7 Å². The first kappa shape index (κ1) is 11.6. The zero-order chi connectivity index (χ0) is 12.5. The van der Waals surface area contributed by atoms with Gasteiger partial charge in [-0.2, -0.15) is 0 Å². The molecule has 0 unspecified atom stereocenters. The summed E-state index contributed by atoms with van der Waals surface area (Å²) in [6.07, 6.45) is 2.02. The van der Waals surface area contributed by atoms with Crippen LogP contribution in [0.3, 0.4) is 0 Å². The van der Waals surface area contributed by atoms with Crippen molar-refractivity contribution in [1.82, 2.24) is 0 Å². The summed E-state index contributed by atoms with van der Waals surface area (Å²) < 4.78 is 5.90. The van der Waals surface area contributed by atoms with Gasteiger partial charge >= 0.3 is 0 Å². The molecule has 2 aromatic carbocycles. The molecule has 0 saturated heterocycles. The van der Waals surface area contributed by atoms with Crippen LogP contribution in [0.1, 0.15) is 12.0 Å². The Balaban J connectivity index is 2.16. The molecule has 1 aliphatic heterocycles. The van der Waals surface area contributed by atoms with Gasteiger partial charge in [-0.15, -0.1) is 0 Å². The number of hydrogen-bond donors (Lipinski definition) is 0. The van der Waals surface area contributed by atoms with Gasteiger partial charge in [0, 0.05) is 16.1 Å². The topological polar surface area (TPSA) is 9.23 Å². The summed E-state index contributed by atoms with van der Waals surface area (Å²) in [4.78, 5) is 0. The lowest BCUT2D eigenvalue weighted by Crippen LogP contribution is -2.19. The predicted molar refractivity (Wildman–Crippen MR) is 75.0 cm³/mol. The van der Waals surface area contributed by atoms with Gasteiger partial charge in [0.05, 0.1) is 6.10 Å². The molecule has 1 heterocycles. The summed E-state index contributed by atoms with van der Waals surface area (Å²) in [5.41, 5.74) is 3.32. The van der Waals surface area contributed by atoms with Gasteiger partial charge in [0.1, 0.15) is 5.75 Å². The van der Waals surface area contributed by atoms with E-state index >= 15 is 0 Å². The number of aryl methyl sites for hydroxylation is 1. The summed E-state index contributed by atoms with van der Waals surface area (Å²) >= 11 is 6.27. The number of halogens is 1. The molecule has 2 heteroatoms. The fraction of sp³-hybridized carbons (Fsp3) is 0.188. The highest BCUT2D eigenvalue weighted by Gasteiger charge is 2.20. The molecule has 0 aromatic heterocycles. The molecule has 0 spiro atoms. The molecule has 1 radical (unpaired) electrons. The summed E-state index contributed by atoms with van der Waals surface area (Å²) in [6, 6.07) is 14.1. The first-order valence-corrected chi connectivity index (χ1v) is 6.50. The summed E-state index contributed by atoms with van der Waals surface area (Å²) in [6.45, 7) is 4.00. The highest BCUT2D eigenvalue weighted by molar-refractivity contribution is 6.33. The van der Waals surface area contributed by atoms with Gasteiger partial charge in [0.15, 0.2) is 0 Å². The van der Waals surface area contributed by atoms with E-state index in [0.29, 0.717) is 0 Å². The number of fused-ring (bicyclic) bond motifs is 1. The molecule has 18 heavy (non-hydrogen) atoms. The van der Waals surface area contributed by atoms with E-state index in [4.69, 9.17) is 16.3 Å². The predicted octanol–water partition coefficient (Wildman–Crippen LogP) is 4.53. The summed E-state index contributed by atoms with van der Waals surface area (Å²) in [7, 11) is 0. The number of hydrogen-bond acceptors (Lipinski definition) is 1. The molecule has 0 fully saturated rings. The van der Waals surface area contributed by atoms with Gasteiger partial charge in [-0.25, -0.2) is 0 Å². The second kappa shape index (κ2) is 4.66. The fourth-order valence-electron chi connectivity index (χ4n) is 2.35. The van der Waals surface area contributed by atoms with Crippen LogP contribution in [0.2, 0.25) is 5.02 Å². The molecule has 0 saturated carbocycles. The molecule has 1 atom stereocenters. The number of benzene rings is 2. The van der Waals surface area contributed by atoms with Crippen LogP contribution in [-0.2, 0) is 6.42 Å². The Labute approximate surface area is 112 Å². The maximum absolute atomic E-state index is 6.27. The van der Waals surface area contributed by atoms with E-state index in [2.05, 4.69) is 25.1 Å². The maximum atomic E-state index is 6.27. The van der Waals surface area contributed by atoms with Crippen LogP contribution in [0.5, 0.6) is 5.75 Å². The third-order valence-electron chi connectivity index (χ3n) is 3.28. The number of ether oxygens (including phenoxy) is 1. The van der Waals surface area contributed by atoms with Gasteiger partial charge in [-0.1, -0.05) is 48.0 Å². The largest absolute Gasteiger partial charge is 0.489 e. The molecule has 3 rings (SSSR count). The Morgan fingerprint density at radius 2 is 1.83 bits per heavy atom. The second-order valence-corrected chi connectivity index (χ2v) is 4.96. The van der Waals surface area contributed by atoms with Crippen molar-refractivity contribution in [2.24, 2.45) is 0 Å². The van der Waals surface area contributed by atoms with Crippen LogP contribution in [0.25, 0.3) is 11.1 Å². The molecular formula is C16H14ClO. The van der Waals surface area contributed by atoms with Crippen molar-refractivity contribution in [3.05, 3.63) is 60.0 Å². The average Bonchev–Trinajstić information content (AvgIpc) is 2.39. The minimum absolute atomic E-state index is 0.0288. The lowest BCUT2D eigenvalue weighted by Gasteiger charge is -2.25. The molecule has 2 aromatic rings. The molecule has 91 valence electrons. The minimum Gasteiger partial charge on any atom is -0.489 e. The Morgan fingerprint density at radius 3 is 2.67 bits per heavy atom. The molecule has 1 aliphatic rings. The van der Waals surface area contributed by atoms with Gasteiger partial charge in [-0.05, 0) is 31.4 Å². The van der Waals surface area contributed by atoms with E-state index in [1.54, 1.807) is 0 Å². The average molecular weight is 258 g/mol. The Morgan fingerprint density at radius 1 is 1.06 bits per heavy atom. The van der Waals surface area contributed by atoms with Crippen LogP contribution >= 0.6 is 11.6 Å². The van der Waals surface area contributed by atoms with Crippen LogP contribution in [0.4, 0.5) is 0 Å². The van der Waals surface area contributed by atoms with Gasteiger partial charge in [0.2, 0.25) is 0 Å². The van der Waals surface area contributed by atoms with Crippen molar-refractivity contribution in [3.63, 3.8) is 0 Å². The third kappa shape index (κ3) is 1.99. The van der Waals surface area contributed by atoms with E-state index in [-0.39, 0.29) is 6.10 Å². The second-order valence-electron chi connectivity index (χ2n) is 4.55. The van der Waals surface area contributed by atoms with Crippen molar-refractivity contribution in [2.45, 2.75) is 18.9 Å². The molecule has 1 nitrogen and oxygen atoms in total. The monoisotopic (exact) mass is 257 g/mol. The van der Waals surface area contributed by atoms with E-state index < -0.39 is 0 Å². The quantitative estimate of drug-likeness (QED) is 0.729. The van der Waals surface area contributed by atoms with E-state index in [1.807, 2.05) is 24.3 Å². The summed E-state index contributed by atoms with van der Waals surface area (Å²) in [5, 5.41) is 0.751. The molecule has 0 bridgehead atoms.